The Morgan fingerprint density at radius 3 is 0.614 bits per heavy atom. The summed E-state index contributed by atoms with van der Waals surface area (Å²) in [6.45, 7) is 22.7. The Morgan fingerprint density at radius 2 is 0.443 bits per heavy atom. The summed E-state index contributed by atoms with van der Waals surface area (Å²) in [7, 11) is 0. The lowest BCUT2D eigenvalue weighted by molar-refractivity contribution is 0.702. The van der Waals surface area contributed by atoms with Gasteiger partial charge in [-0.3, -0.25) is 0 Å². The molecule has 0 saturated heterocycles. The van der Waals surface area contributed by atoms with Gasteiger partial charge in [-0.15, -0.1) is 0 Å². The van der Waals surface area contributed by atoms with Crippen LogP contribution in [0, 0.1) is 0 Å². The summed E-state index contributed by atoms with van der Waals surface area (Å²) < 4.78 is 0. The maximum atomic E-state index is 2.37. The molecule has 7 rings (SSSR count). The van der Waals surface area contributed by atoms with Gasteiger partial charge in [-0.25, -0.2) is 0 Å². The van der Waals surface area contributed by atoms with Gasteiger partial charge in [0.15, 0.2) is 0 Å². The fourth-order valence-corrected chi connectivity index (χ4v) is 8.72. The molecule has 0 N–H and O–H groups in total. The van der Waals surface area contributed by atoms with Crippen LogP contribution in [0.25, 0.3) is 24.3 Å². The molecule has 0 saturated carbocycles. The largest absolute Gasteiger partial charge is 0.311 e. The molecule has 0 heterocycles. The highest BCUT2D eigenvalue weighted by atomic mass is 15.1. The quantitative estimate of drug-likeness (QED) is 0.0523. The van der Waals surface area contributed by atoms with Crippen molar-refractivity contribution in [2.45, 2.75) is 144 Å². The first kappa shape index (κ1) is 53.0. The zero-order chi connectivity index (χ0) is 49.8. The van der Waals surface area contributed by atoms with Crippen LogP contribution in [0.5, 0.6) is 0 Å². The van der Waals surface area contributed by atoms with Crippen LogP contribution in [0.15, 0.2) is 170 Å². The zero-order valence-electron chi connectivity index (χ0n) is 44.3. The predicted octanol–water partition coefficient (Wildman–Crippen LogP) is 21.6. The fraction of sp³-hybridized carbons (Fsp3) is 0.324. The standard InChI is InChI=1S/C62H68N2.C6H14/c1-9-45(5)53-25-37-59(38-26-53)63(60-39-27-54(28-40-60)46(6)10-2)57-33-21-51(22-34-57)19-17-49-13-15-50(16-14-49)18-20-52-23-35-58(36-24-52)64(61-41-29-55(30-42-61)47(7)11-3)62-43-31-56(32-44-62)48(8)12-4;1-3-5-6-4-2/h13-48H,9-12H2,1-8H3;3-6H2,1-2H3/b19-17+,20-18+;. The maximum Gasteiger partial charge on any atom is 0.0462 e. The lowest BCUT2D eigenvalue weighted by Gasteiger charge is -2.26. The molecule has 0 aliphatic rings. The molecule has 2 nitrogen and oxygen atoms in total. The lowest BCUT2D eigenvalue weighted by Crippen LogP contribution is -2.10. The van der Waals surface area contributed by atoms with Crippen LogP contribution in [-0.2, 0) is 0 Å². The van der Waals surface area contributed by atoms with Gasteiger partial charge in [-0.05, 0) is 167 Å². The second-order valence-corrected chi connectivity index (χ2v) is 19.5. The Kier molecular flexibility index (Phi) is 20.5. The van der Waals surface area contributed by atoms with Crippen LogP contribution in [0.4, 0.5) is 34.1 Å². The number of nitrogens with zero attached hydrogens (tertiary/aromatic N) is 2. The van der Waals surface area contributed by atoms with E-state index in [4.69, 9.17) is 0 Å². The highest BCUT2D eigenvalue weighted by Crippen LogP contribution is 2.38. The SMILES string of the molecule is CCC(C)c1ccc(N(c2ccc(/C=C/c3ccc(/C=C/c4ccc(N(c5ccc(C(C)CC)cc5)c5ccc(C(C)CC)cc5)cc4)cc3)cc2)c2ccc(C(C)CC)cc2)cc1.CCCCCC. The topological polar surface area (TPSA) is 6.48 Å². The predicted molar refractivity (Wildman–Crippen MR) is 311 cm³/mol. The van der Waals surface area contributed by atoms with E-state index in [1.807, 2.05) is 0 Å². The summed E-state index contributed by atoms with van der Waals surface area (Å²) in [5.74, 6) is 2.18. The number of unbranched alkanes of at least 4 members (excludes halogenated alkanes) is 3. The molecule has 364 valence electrons. The average molecular weight is 927 g/mol. The van der Waals surface area contributed by atoms with Crippen molar-refractivity contribution in [1.29, 1.82) is 0 Å². The molecule has 0 bridgehead atoms. The first-order valence-corrected chi connectivity index (χ1v) is 26.8. The maximum absolute atomic E-state index is 2.37. The van der Waals surface area contributed by atoms with Crippen LogP contribution in [-0.4, -0.2) is 0 Å². The van der Waals surface area contributed by atoms with E-state index in [-0.39, 0.29) is 0 Å². The summed E-state index contributed by atoms with van der Waals surface area (Å²) in [6, 6.07) is 63.0. The molecule has 0 aliphatic carbocycles. The van der Waals surface area contributed by atoms with Crippen molar-refractivity contribution >= 4 is 58.4 Å². The summed E-state index contributed by atoms with van der Waals surface area (Å²) in [6.07, 6.45) is 18.9. The minimum Gasteiger partial charge on any atom is -0.311 e. The molecule has 4 atom stereocenters. The molecule has 7 aromatic rings. The highest BCUT2D eigenvalue weighted by Gasteiger charge is 2.16. The van der Waals surface area contributed by atoms with Crippen molar-refractivity contribution < 1.29 is 0 Å². The van der Waals surface area contributed by atoms with E-state index in [1.54, 1.807) is 0 Å². The second kappa shape index (κ2) is 27.1. The molecular formula is C68H82N2. The molecule has 0 spiro atoms. The third-order valence-electron chi connectivity index (χ3n) is 14.5. The minimum absolute atomic E-state index is 0.546. The monoisotopic (exact) mass is 927 g/mol. The van der Waals surface area contributed by atoms with E-state index in [9.17, 15) is 0 Å². The van der Waals surface area contributed by atoms with Crippen molar-refractivity contribution in [1.82, 2.24) is 0 Å². The molecule has 0 radical (unpaired) electrons. The van der Waals surface area contributed by atoms with Gasteiger partial charge in [0.05, 0.1) is 0 Å². The van der Waals surface area contributed by atoms with E-state index in [2.05, 4.69) is 273 Å². The highest BCUT2D eigenvalue weighted by molar-refractivity contribution is 5.80. The molecule has 4 unspecified atom stereocenters. The van der Waals surface area contributed by atoms with Crippen molar-refractivity contribution in [2.24, 2.45) is 0 Å². The third kappa shape index (κ3) is 14.6. The first-order valence-electron chi connectivity index (χ1n) is 26.8. The Morgan fingerprint density at radius 1 is 0.271 bits per heavy atom. The van der Waals surface area contributed by atoms with Gasteiger partial charge in [-0.1, -0.05) is 216 Å². The van der Waals surface area contributed by atoms with Crippen molar-refractivity contribution in [3.8, 4) is 0 Å². The molecule has 0 fully saturated rings. The van der Waals surface area contributed by atoms with E-state index < -0.39 is 0 Å². The normalized spacial score (nSPS) is 13.1. The molecule has 70 heavy (non-hydrogen) atoms. The van der Waals surface area contributed by atoms with Crippen LogP contribution < -0.4 is 9.80 Å². The van der Waals surface area contributed by atoms with Crippen LogP contribution in [0.1, 0.15) is 189 Å². The summed E-state index contributed by atoms with van der Waals surface area (Å²) in [5, 5.41) is 0. The van der Waals surface area contributed by atoms with Crippen molar-refractivity contribution in [3.63, 3.8) is 0 Å². The minimum atomic E-state index is 0.546. The fourth-order valence-electron chi connectivity index (χ4n) is 8.72. The van der Waals surface area contributed by atoms with Gasteiger partial charge >= 0.3 is 0 Å². The molecule has 0 aromatic heterocycles. The summed E-state index contributed by atoms with van der Waals surface area (Å²) >= 11 is 0. The van der Waals surface area contributed by atoms with Crippen molar-refractivity contribution in [2.75, 3.05) is 9.80 Å². The Hall–Kier alpha value is -6.38. The third-order valence-corrected chi connectivity index (χ3v) is 14.5. The molecule has 0 aliphatic heterocycles. The van der Waals surface area contributed by atoms with Gasteiger partial charge in [0, 0.05) is 34.1 Å². The van der Waals surface area contributed by atoms with Gasteiger partial charge in [-0.2, -0.15) is 0 Å². The Balaban J connectivity index is 0.00000126. The van der Waals surface area contributed by atoms with E-state index in [0.717, 1.165) is 37.1 Å². The van der Waals surface area contributed by atoms with Gasteiger partial charge < -0.3 is 9.80 Å². The van der Waals surface area contributed by atoms with Crippen molar-refractivity contribution in [3.05, 3.63) is 214 Å². The average Bonchev–Trinajstić information content (AvgIpc) is 3.42. The molecular weight excluding hydrogens is 845 g/mol. The van der Waals surface area contributed by atoms with E-state index in [1.165, 1.54) is 92.9 Å². The van der Waals surface area contributed by atoms with Crippen LogP contribution in [0.3, 0.4) is 0 Å². The molecule has 7 aromatic carbocycles. The van der Waals surface area contributed by atoms with Crippen LogP contribution >= 0.6 is 0 Å². The van der Waals surface area contributed by atoms with Crippen LogP contribution in [0.2, 0.25) is 0 Å². The number of rotatable bonds is 21. The summed E-state index contributed by atoms with van der Waals surface area (Å²) in [5.41, 5.74) is 17.2. The Labute approximate surface area is 424 Å². The summed E-state index contributed by atoms with van der Waals surface area (Å²) in [4.78, 5) is 4.73. The smallest absolute Gasteiger partial charge is 0.0462 e. The number of hydrogen-bond donors (Lipinski definition) is 0. The number of hydrogen-bond acceptors (Lipinski definition) is 2. The molecule has 0 amide bonds. The lowest BCUT2D eigenvalue weighted by atomic mass is 9.97. The van der Waals surface area contributed by atoms with Gasteiger partial charge in [0.2, 0.25) is 0 Å². The van der Waals surface area contributed by atoms with Gasteiger partial charge in [0.25, 0.3) is 0 Å². The van der Waals surface area contributed by atoms with Gasteiger partial charge in [0.1, 0.15) is 0 Å². The first-order chi connectivity index (χ1) is 34.1. The Bertz CT molecular complexity index is 2320. The van der Waals surface area contributed by atoms with E-state index >= 15 is 0 Å². The number of anilines is 6. The van der Waals surface area contributed by atoms with E-state index in [0.29, 0.717) is 23.7 Å². The number of benzene rings is 7. The zero-order valence-corrected chi connectivity index (χ0v) is 44.3. The second-order valence-electron chi connectivity index (χ2n) is 19.5. The molecule has 2 heteroatoms.